The van der Waals surface area contributed by atoms with Crippen molar-refractivity contribution in [2.75, 3.05) is 6.54 Å². The monoisotopic (exact) mass is 259 g/mol. The molecule has 17 heavy (non-hydrogen) atoms. The lowest BCUT2D eigenvalue weighted by molar-refractivity contribution is 0.295. The Morgan fingerprint density at radius 3 is 2.35 bits per heavy atom. The molecule has 100 valence electrons. The second kappa shape index (κ2) is 5.27. The Hall–Kier alpha value is -0.0900. The minimum atomic E-state index is -2.94. The molecule has 2 rings (SSSR count). The fraction of sp³-hybridized carbons (Fsp3) is 1.00. The predicted molar refractivity (Wildman–Crippen MR) is 70.5 cm³/mol. The minimum Gasteiger partial charge on any atom is -0.330 e. The van der Waals surface area contributed by atoms with Crippen molar-refractivity contribution in [3.05, 3.63) is 0 Å². The van der Waals surface area contributed by atoms with Gasteiger partial charge in [-0.2, -0.15) is 0 Å². The number of nitrogens with two attached hydrogens (primary N) is 1. The van der Waals surface area contributed by atoms with Gasteiger partial charge in [0.05, 0.1) is 10.5 Å². The summed E-state index contributed by atoms with van der Waals surface area (Å²) >= 11 is 0. The molecule has 0 aromatic rings. The normalized spacial score (nSPS) is 36.2. The van der Waals surface area contributed by atoms with Gasteiger partial charge in [0.1, 0.15) is 0 Å². The summed E-state index contributed by atoms with van der Waals surface area (Å²) < 4.78 is 25.3. The van der Waals surface area contributed by atoms with E-state index in [1.54, 1.807) is 0 Å². The smallest absolute Gasteiger partial charge is 0.156 e. The maximum Gasteiger partial charge on any atom is 0.156 e. The van der Waals surface area contributed by atoms with Crippen LogP contribution in [-0.4, -0.2) is 25.5 Å². The quantitative estimate of drug-likeness (QED) is 0.844. The number of hydrogen-bond acceptors (Lipinski definition) is 3. The molecule has 3 unspecified atom stereocenters. The molecule has 0 spiro atoms. The first-order valence-electron chi connectivity index (χ1n) is 6.98. The van der Waals surface area contributed by atoms with Crippen molar-refractivity contribution in [1.29, 1.82) is 0 Å². The maximum atomic E-state index is 12.6. The highest BCUT2D eigenvalue weighted by atomic mass is 32.2. The van der Waals surface area contributed by atoms with E-state index in [-0.39, 0.29) is 16.4 Å². The second-order valence-electron chi connectivity index (χ2n) is 5.95. The molecule has 0 aromatic heterocycles. The highest BCUT2D eigenvalue weighted by molar-refractivity contribution is 7.92. The third-order valence-electron chi connectivity index (χ3n) is 4.68. The molecular weight excluding hydrogens is 234 g/mol. The van der Waals surface area contributed by atoms with Crippen LogP contribution >= 0.6 is 0 Å². The first-order chi connectivity index (χ1) is 8.05. The van der Waals surface area contributed by atoms with Crippen molar-refractivity contribution in [3.8, 4) is 0 Å². The summed E-state index contributed by atoms with van der Waals surface area (Å²) in [5.74, 6) is 0.746. The van der Waals surface area contributed by atoms with Crippen molar-refractivity contribution < 1.29 is 8.42 Å². The van der Waals surface area contributed by atoms with Crippen LogP contribution in [0.2, 0.25) is 0 Å². The summed E-state index contributed by atoms with van der Waals surface area (Å²) in [4.78, 5) is 0. The summed E-state index contributed by atoms with van der Waals surface area (Å²) in [6, 6.07) is 0. The van der Waals surface area contributed by atoms with Crippen LogP contribution < -0.4 is 5.73 Å². The van der Waals surface area contributed by atoms with Crippen molar-refractivity contribution in [2.45, 2.75) is 62.4 Å². The first-order valence-corrected chi connectivity index (χ1v) is 8.59. The molecular formula is C13H25NO2S. The lowest BCUT2D eigenvalue weighted by atomic mass is 9.82. The number of hydrogen-bond donors (Lipinski definition) is 1. The topological polar surface area (TPSA) is 60.2 Å². The molecule has 0 aliphatic heterocycles. The first kappa shape index (κ1) is 13.3. The third kappa shape index (κ3) is 2.68. The van der Waals surface area contributed by atoms with Gasteiger partial charge in [-0.25, -0.2) is 8.42 Å². The largest absolute Gasteiger partial charge is 0.330 e. The Morgan fingerprint density at radius 1 is 1.12 bits per heavy atom. The minimum absolute atomic E-state index is 0.0631. The Morgan fingerprint density at radius 2 is 1.76 bits per heavy atom. The van der Waals surface area contributed by atoms with Gasteiger partial charge in [-0.15, -0.1) is 0 Å². The number of sulfone groups is 1. The molecule has 0 bridgehead atoms. The molecule has 4 heteroatoms. The highest BCUT2D eigenvalue weighted by Gasteiger charge is 2.41. The van der Waals surface area contributed by atoms with Crippen molar-refractivity contribution >= 4 is 9.84 Å². The van der Waals surface area contributed by atoms with Crippen LogP contribution in [0.3, 0.4) is 0 Å². The Balaban J connectivity index is 2.16. The molecule has 2 N–H and O–H groups in total. The molecule has 0 radical (unpaired) electrons. The average Bonchev–Trinajstić information content (AvgIpc) is 2.83. The van der Waals surface area contributed by atoms with Gasteiger partial charge < -0.3 is 5.73 Å². The molecule has 3 nitrogen and oxygen atoms in total. The van der Waals surface area contributed by atoms with Crippen LogP contribution in [0.5, 0.6) is 0 Å². The van der Waals surface area contributed by atoms with Gasteiger partial charge in [0.15, 0.2) is 9.84 Å². The van der Waals surface area contributed by atoms with E-state index in [4.69, 9.17) is 5.73 Å². The van der Waals surface area contributed by atoms with Gasteiger partial charge >= 0.3 is 0 Å². The number of rotatable bonds is 3. The van der Waals surface area contributed by atoms with E-state index in [1.807, 2.05) is 0 Å². The van der Waals surface area contributed by atoms with Gasteiger partial charge in [-0.05, 0) is 44.1 Å². The molecule has 2 aliphatic carbocycles. The van der Waals surface area contributed by atoms with Gasteiger partial charge in [0.2, 0.25) is 0 Å². The Labute approximate surface area is 105 Å². The summed E-state index contributed by atoms with van der Waals surface area (Å²) in [5, 5.41) is -0.216. The van der Waals surface area contributed by atoms with Crippen LogP contribution in [0.1, 0.15) is 51.9 Å². The predicted octanol–water partition coefficient (Wildman–Crippen LogP) is 2.11. The van der Waals surface area contributed by atoms with E-state index in [0.29, 0.717) is 12.5 Å². The zero-order valence-corrected chi connectivity index (χ0v) is 11.6. The lowest BCUT2D eigenvalue weighted by Crippen LogP contribution is -2.43. The Bertz CT molecular complexity index is 346. The lowest BCUT2D eigenvalue weighted by Gasteiger charge is -2.35. The SMILES string of the molecule is CC1CCC(CN)C(S(=O)(=O)C2CCCC2)C1. The Kier molecular flexibility index (Phi) is 4.14. The molecule has 2 fully saturated rings. The van der Waals surface area contributed by atoms with Crippen LogP contribution in [0.25, 0.3) is 0 Å². The summed E-state index contributed by atoms with van der Waals surface area (Å²) in [6.07, 6.45) is 6.89. The molecule has 0 heterocycles. The summed E-state index contributed by atoms with van der Waals surface area (Å²) in [7, 11) is -2.94. The van der Waals surface area contributed by atoms with E-state index in [2.05, 4.69) is 6.92 Å². The summed E-state index contributed by atoms with van der Waals surface area (Å²) in [6.45, 7) is 2.70. The van der Waals surface area contributed by atoms with Crippen LogP contribution in [0, 0.1) is 11.8 Å². The fourth-order valence-corrected chi connectivity index (χ4v) is 6.39. The molecule has 2 aliphatic rings. The van der Waals surface area contributed by atoms with Gasteiger partial charge in [-0.1, -0.05) is 26.2 Å². The second-order valence-corrected chi connectivity index (χ2v) is 8.40. The summed E-state index contributed by atoms with van der Waals surface area (Å²) in [5.41, 5.74) is 5.77. The van der Waals surface area contributed by atoms with Crippen LogP contribution in [-0.2, 0) is 9.84 Å². The zero-order chi connectivity index (χ0) is 12.5. The van der Waals surface area contributed by atoms with Gasteiger partial charge in [0, 0.05) is 0 Å². The van der Waals surface area contributed by atoms with Crippen molar-refractivity contribution in [2.24, 2.45) is 17.6 Å². The molecule has 0 aromatic carbocycles. The molecule has 0 amide bonds. The molecule has 0 saturated heterocycles. The van der Waals surface area contributed by atoms with Crippen LogP contribution in [0.4, 0.5) is 0 Å². The van der Waals surface area contributed by atoms with E-state index < -0.39 is 9.84 Å². The average molecular weight is 259 g/mol. The fourth-order valence-electron chi connectivity index (χ4n) is 3.53. The van der Waals surface area contributed by atoms with Crippen molar-refractivity contribution in [3.63, 3.8) is 0 Å². The van der Waals surface area contributed by atoms with Gasteiger partial charge in [-0.3, -0.25) is 0 Å². The highest BCUT2D eigenvalue weighted by Crippen LogP contribution is 2.37. The van der Waals surface area contributed by atoms with E-state index >= 15 is 0 Å². The van der Waals surface area contributed by atoms with E-state index in [0.717, 1.165) is 44.9 Å². The van der Waals surface area contributed by atoms with Crippen molar-refractivity contribution in [1.82, 2.24) is 0 Å². The van der Waals surface area contributed by atoms with E-state index in [9.17, 15) is 8.42 Å². The molecule has 3 atom stereocenters. The van der Waals surface area contributed by atoms with Gasteiger partial charge in [0.25, 0.3) is 0 Å². The molecule has 2 saturated carbocycles. The van der Waals surface area contributed by atoms with Crippen LogP contribution in [0.15, 0.2) is 0 Å². The third-order valence-corrected chi connectivity index (χ3v) is 7.50. The van der Waals surface area contributed by atoms with E-state index in [1.165, 1.54) is 0 Å². The zero-order valence-electron chi connectivity index (χ0n) is 10.8. The maximum absolute atomic E-state index is 12.6. The standard InChI is InChI=1S/C13H25NO2S/c1-10-6-7-11(9-14)13(8-10)17(15,16)12-4-2-3-5-12/h10-13H,2-9,14H2,1H3.